The smallest absolute Gasteiger partial charge is 0.267 e. The van der Waals surface area contributed by atoms with Gasteiger partial charge in [-0.25, -0.2) is 10.9 Å². The minimum Gasteiger partial charge on any atom is -0.267 e. The normalized spacial score (nSPS) is 11.1. The molecule has 162 valence electrons. The standard InChI is InChI=1S/C26H26N4O2/c1-3-19-5-9-21(10-6-19)17-27-29-25(31)23-13-15-24(16-14-23)26(32)30-28-18-22-11-7-20(4-2)8-12-22/h5-18H,3-4H2,1-2H3,(H,29,31)(H,30,32). The molecule has 0 aliphatic carbocycles. The molecule has 6 nitrogen and oxygen atoms in total. The van der Waals surface area contributed by atoms with Crippen molar-refractivity contribution in [1.29, 1.82) is 0 Å². The molecule has 3 aromatic carbocycles. The lowest BCUT2D eigenvalue weighted by Gasteiger charge is -2.03. The number of carbonyl (C=O) groups is 2. The highest BCUT2D eigenvalue weighted by atomic mass is 16.2. The van der Waals surface area contributed by atoms with E-state index in [1.54, 1.807) is 36.7 Å². The predicted molar refractivity (Wildman–Crippen MR) is 128 cm³/mol. The molecule has 0 spiro atoms. The van der Waals surface area contributed by atoms with Crippen LogP contribution >= 0.6 is 0 Å². The van der Waals surface area contributed by atoms with Crippen molar-refractivity contribution in [1.82, 2.24) is 10.9 Å². The number of nitrogens with one attached hydrogen (secondary N) is 2. The van der Waals surface area contributed by atoms with Gasteiger partial charge in [0.25, 0.3) is 11.8 Å². The third-order valence-corrected chi connectivity index (χ3v) is 4.94. The SMILES string of the molecule is CCc1ccc(C=NNC(=O)c2ccc(C(=O)NN=Cc3ccc(CC)cc3)cc2)cc1. The molecule has 0 aliphatic rings. The highest BCUT2D eigenvalue weighted by Crippen LogP contribution is 2.06. The van der Waals surface area contributed by atoms with Crippen LogP contribution in [0.5, 0.6) is 0 Å². The monoisotopic (exact) mass is 426 g/mol. The van der Waals surface area contributed by atoms with Crippen LogP contribution in [0.1, 0.15) is 56.8 Å². The number of carbonyl (C=O) groups excluding carboxylic acids is 2. The molecular weight excluding hydrogens is 400 g/mol. The number of hydrogen-bond donors (Lipinski definition) is 2. The Hall–Kier alpha value is -4.06. The van der Waals surface area contributed by atoms with E-state index in [1.807, 2.05) is 48.5 Å². The zero-order valence-corrected chi connectivity index (χ0v) is 18.2. The first-order valence-electron chi connectivity index (χ1n) is 10.5. The fourth-order valence-corrected chi connectivity index (χ4v) is 2.91. The largest absolute Gasteiger partial charge is 0.271 e. The maximum atomic E-state index is 12.2. The van der Waals surface area contributed by atoms with Crippen molar-refractivity contribution in [2.24, 2.45) is 10.2 Å². The topological polar surface area (TPSA) is 82.9 Å². The fraction of sp³-hybridized carbons (Fsp3) is 0.154. The molecule has 0 atom stereocenters. The van der Waals surface area contributed by atoms with Crippen LogP contribution in [0.25, 0.3) is 0 Å². The minimum absolute atomic E-state index is 0.355. The van der Waals surface area contributed by atoms with Crippen LogP contribution in [0.2, 0.25) is 0 Å². The lowest BCUT2D eigenvalue weighted by molar-refractivity contribution is 0.0943. The van der Waals surface area contributed by atoms with Gasteiger partial charge >= 0.3 is 0 Å². The molecule has 0 unspecified atom stereocenters. The van der Waals surface area contributed by atoms with Gasteiger partial charge in [-0.15, -0.1) is 0 Å². The fourth-order valence-electron chi connectivity index (χ4n) is 2.91. The Labute approximate surface area is 188 Å². The van der Waals surface area contributed by atoms with Crippen LogP contribution in [-0.4, -0.2) is 24.2 Å². The molecule has 0 fully saturated rings. The van der Waals surface area contributed by atoms with E-state index >= 15 is 0 Å². The summed E-state index contributed by atoms with van der Waals surface area (Å²) in [5.41, 5.74) is 10.1. The number of aryl methyl sites for hydroxylation is 2. The second-order valence-corrected chi connectivity index (χ2v) is 7.17. The molecule has 0 aromatic heterocycles. The van der Waals surface area contributed by atoms with Gasteiger partial charge in [-0.1, -0.05) is 62.4 Å². The van der Waals surface area contributed by atoms with E-state index in [-0.39, 0.29) is 11.8 Å². The molecule has 3 aromatic rings. The third-order valence-electron chi connectivity index (χ3n) is 4.94. The van der Waals surface area contributed by atoms with E-state index in [1.165, 1.54) is 11.1 Å². The number of benzene rings is 3. The Kier molecular flexibility index (Phi) is 8.03. The Morgan fingerprint density at radius 1 is 0.625 bits per heavy atom. The summed E-state index contributed by atoms with van der Waals surface area (Å²) in [5, 5.41) is 7.98. The first-order chi connectivity index (χ1) is 15.6. The maximum Gasteiger partial charge on any atom is 0.271 e. The highest BCUT2D eigenvalue weighted by Gasteiger charge is 2.08. The predicted octanol–water partition coefficient (Wildman–Crippen LogP) is 4.34. The first kappa shape index (κ1) is 22.6. The van der Waals surface area contributed by atoms with Gasteiger partial charge in [0, 0.05) is 11.1 Å². The lowest BCUT2D eigenvalue weighted by Crippen LogP contribution is -2.19. The molecule has 0 saturated heterocycles. The van der Waals surface area contributed by atoms with Crippen molar-refractivity contribution in [2.75, 3.05) is 0 Å². The molecule has 0 radical (unpaired) electrons. The van der Waals surface area contributed by atoms with Gasteiger partial charge in [-0.2, -0.15) is 10.2 Å². The Balaban J connectivity index is 1.51. The van der Waals surface area contributed by atoms with Gasteiger partial charge in [0.15, 0.2) is 0 Å². The summed E-state index contributed by atoms with van der Waals surface area (Å²) in [6, 6.07) is 22.2. The number of amides is 2. The summed E-state index contributed by atoms with van der Waals surface area (Å²) < 4.78 is 0. The second-order valence-electron chi connectivity index (χ2n) is 7.17. The van der Waals surface area contributed by atoms with E-state index in [0.717, 1.165) is 24.0 Å². The highest BCUT2D eigenvalue weighted by molar-refractivity contribution is 5.98. The second kappa shape index (κ2) is 11.4. The van der Waals surface area contributed by atoms with Crippen LogP contribution in [0, 0.1) is 0 Å². The van der Waals surface area contributed by atoms with Gasteiger partial charge in [-0.3, -0.25) is 9.59 Å². The quantitative estimate of drug-likeness (QED) is 0.415. The molecule has 0 aliphatic heterocycles. The van der Waals surface area contributed by atoms with Crippen LogP contribution < -0.4 is 10.9 Å². The van der Waals surface area contributed by atoms with Gasteiger partial charge in [0.2, 0.25) is 0 Å². The maximum absolute atomic E-state index is 12.2. The number of rotatable bonds is 8. The van der Waals surface area contributed by atoms with E-state index in [0.29, 0.717) is 11.1 Å². The van der Waals surface area contributed by atoms with Crippen molar-refractivity contribution in [3.05, 3.63) is 106 Å². The zero-order chi connectivity index (χ0) is 22.8. The van der Waals surface area contributed by atoms with Crippen molar-refractivity contribution < 1.29 is 9.59 Å². The summed E-state index contributed by atoms with van der Waals surface area (Å²) in [6.45, 7) is 4.19. The minimum atomic E-state index is -0.355. The lowest BCUT2D eigenvalue weighted by atomic mass is 10.1. The molecular formula is C26H26N4O2. The average Bonchev–Trinajstić information content (AvgIpc) is 2.85. The number of hydrazone groups is 2. The molecule has 0 saturated carbocycles. The molecule has 32 heavy (non-hydrogen) atoms. The summed E-state index contributed by atoms with van der Waals surface area (Å²) in [7, 11) is 0. The summed E-state index contributed by atoms with van der Waals surface area (Å²) in [6.07, 6.45) is 5.13. The van der Waals surface area contributed by atoms with Gasteiger partial charge in [0.1, 0.15) is 0 Å². The van der Waals surface area contributed by atoms with Gasteiger partial charge < -0.3 is 0 Å². The Bertz CT molecular complexity index is 1010. The van der Waals surface area contributed by atoms with Crippen LogP contribution in [0.3, 0.4) is 0 Å². The van der Waals surface area contributed by atoms with Crippen molar-refractivity contribution in [3.63, 3.8) is 0 Å². The Morgan fingerprint density at radius 2 is 0.969 bits per heavy atom. The molecule has 6 heteroatoms. The van der Waals surface area contributed by atoms with E-state index < -0.39 is 0 Å². The van der Waals surface area contributed by atoms with Crippen LogP contribution in [0.4, 0.5) is 0 Å². The zero-order valence-electron chi connectivity index (χ0n) is 18.2. The Morgan fingerprint density at radius 3 is 1.28 bits per heavy atom. The van der Waals surface area contributed by atoms with E-state index in [2.05, 4.69) is 34.9 Å². The van der Waals surface area contributed by atoms with Crippen molar-refractivity contribution in [3.8, 4) is 0 Å². The van der Waals surface area contributed by atoms with Gasteiger partial charge in [-0.05, 0) is 59.4 Å². The van der Waals surface area contributed by atoms with Crippen molar-refractivity contribution in [2.45, 2.75) is 26.7 Å². The first-order valence-corrected chi connectivity index (χ1v) is 10.5. The molecule has 0 heterocycles. The average molecular weight is 427 g/mol. The van der Waals surface area contributed by atoms with Crippen LogP contribution in [0.15, 0.2) is 83.0 Å². The molecule has 3 rings (SSSR count). The molecule has 2 N–H and O–H groups in total. The van der Waals surface area contributed by atoms with Crippen molar-refractivity contribution >= 4 is 24.2 Å². The third kappa shape index (κ3) is 6.47. The number of nitrogens with zero attached hydrogens (tertiary/aromatic N) is 2. The molecule has 2 amide bonds. The summed E-state index contributed by atoms with van der Waals surface area (Å²) in [4.78, 5) is 24.5. The summed E-state index contributed by atoms with van der Waals surface area (Å²) >= 11 is 0. The molecule has 0 bridgehead atoms. The number of hydrogen-bond acceptors (Lipinski definition) is 4. The van der Waals surface area contributed by atoms with E-state index in [4.69, 9.17) is 0 Å². The summed E-state index contributed by atoms with van der Waals surface area (Å²) in [5.74, 6) is -0.709. The van der Waals surface area contributed by atoms with E-state index in [9.17, 15) is 9.59 Å². The van der Waals surface area contributed by atoms with Gasteiger partial charge in [0.05, 0.1) is 12.4 Å². The van der Waals surface area contributed by atoms with Crippen LogP contribution in [-0.2, 0) is 12.8 Å².